The Hall–Kier alpha value is -1.78. The monoisotopic (exact) mass is 294 g/mol. The molecule has 118 valence electrons. The molecule has 0 aliphatic rings. The Balaban J connectivity index is 2.43. The topological polar surface area (TPSA) is 71.3 Å². The molecule has 0 aliphatic carbocycles. The van der Waals surface area contributed by atoms with Gasteiger partial charge in [-0.1, -0.05) is 13.8 Å². The average molecular weight is 294 g/mol. The third-order valence-electron chi connectivity index (χ3n) is 3.88. The summed E-state index contributed by atoms with van der Waals surface area (Å²) in [6.07, 6.45) is 3.55. The number of carbonyl (C=O) groups excluding carboxylic acids is 1. The standard InChI is InChI=1S/C16H26N2O3/c1-4-18-11-5-6-14(18)16(21)17-10-9-13(12(2)3)7-8-15(19)20/h5-6,11-13H,4,7-10H2,1-3H3,(H,17,21)(H,19,20). The predicted octanol–water partition coefficient (Wildman–Crippen LogP) is 2.76. The van der Waals surface area contributed by atoms with Gasteiger partial charge in [-0.15, -0.1) is 0 Å². The summed E-state index contributed by atoms with van der Waals surface area (Å²) in [6, 6.07) is 3.67. The molecule has 21 heavy (non-hydrogen) atoms. The SMILES string of the molecule is CCn1cccc1C(=O)NCCC(CCC(=O)O)C(C)C. The summed E-state index contributed by atoms with van der Waals surface area (Å²) < 4.78 is 1.90. The van der Waals surface area contributed by atoms with Crippen molar-refractivity contribution in [1.29, 1.82) is 0 Å². The predicted molar refractivity (Wildman–Crippen MR) is 82.3 cm³/mol. The third-order valence-corrected chi connectivity index (χ3v) is 3.88. The Morgan fingerprint density at radius 3 is 2.62 bits per heavy atom. The Kier molecular flexibility index (Phi) is 6.99. The van der Waals surface area contributed by atoms with E-state index in [0.717, 1.165) is 13.0 Å². The summed E-state index contributed by atoms with van der Waals surface area (Å²) in [5, 5.41) is 11.7. The maximum Gasteiger partial charge on any atom is 0.303 e. The number of amides is 1. The van der Waals surface area contributed by atoms with Crippen LogP contribution < -0.4 is 5.32 Å². The van der Waals surface area contributed by atoms with E-state index in [0.29, 0.717) is 30.5 Å². The highest BCUT2D eigenvalue weighted by Crippen LogP contribution is 2.20. The maximum atomic E-state index is 12.1. The van der Waals surface area contributed by atoms with Gasteiger partial charge in [-0.2, -0.15) is 0 Å². The smallest absolute Gasteiger partial charge is 0.303 e. The second kappa shape index (κ2) is 8.49. The zero-order valence-corrected chi connectivity index (χ0v) is 13.1. The van der Waals surface area contributed by atoms with Crippen LogP contribution in [-0.2, 0) is 11.3 Å². The van der Waals surface area contributed by atoms with Crippen molar-refractivity contribution in [3.8, 4) is 0 Å². The van der Waals surface area contributed by atoms with Crippen LogP contribution in [0.25, 0.3) is 0 Å². The molecule has 2 N–H and O–H groups in total. The lowest BCUT2D eigenvalue weighted by molar-refractivity contribution is -0.137. The van der Waals surface area contributed by atoms with E-state index in [2.05, 4.69) is 19.2 Å². The molecule has 1 amide bonds. The molecule has 5 nitrogen and oxygen atoms in total. The van der Waals surface area contributed by atoms with E-state index in [1.807, 2.05) is 29.8 Å². The first-order valence-electron chi connectivity index (χ1n) is 7.60. The van der Waals surface area contributed by atoms with Crippen molar-refractivity contribution >= 4 is 11.9 Å². The Morgan fingerprint density at radius 1 is 1.33 bits per heavy atom. The number of aromatic nitrogens is 1. The molecule has 1 rings (SSSR count). The minimum absolute atomic E-state index is 0.0670. The van der Waals surface area contributed by atoms with E-state index in [4.69, 9.17) is 5.11 Å². The summed E-state index contributed by atoms with van der Waals surface area (Å²) in [7, 11) is 0. The Bertz CT molecular complexity index is 466. The Labute approximate surface area is 126 Å². The summed E-state index contributed by atoms with van der Waals surface area (Å²) >= 11 is 0. The molecular formula is C16H26N2O3. The van der Waals surface area contributed by atoms with Crippen molar-refractivity contribution in [3.05, 3.63) is 24.0 Å². The molecule has 0 radical (unpaired) electrons. The van der Waals surface area contributed by atoms with Crippen molar-refractivity contribution in [1.82, 2.24) is 9.88 Å². The van der Waals surface area contributed by atoms with Crippen LogP contribution in [0.2, 0.25) is 0 Å². The first kappa shape index (κ1) is 17.3. The number of aryl methyl sites for hydroxylation is 1. The molecule has 0 bridgehead atoms. The van der Waals surface area contributed by atoms with Gasteiger partial charge in [0.05, 0.1) is 0 Å². The van der Waals surface area contributed by atoms with Crippen LogP contribution in [0, 0.1) is 11.8 Å². The van der Waals surface area contributed by atoms with Gasteiger partial charge in [-0.3, -0.25) is 9.59 Å². The minimum Gasteiger partial charge on any atom is -0.481 e. The first-order chi connectivity index (χ1) is 9.95. The third kappa shape index (κ3) is 5.61. The first-order valence-corrected chi connectivity index (χ1v) is 7.60. The fraction of sp³-hybridized carbons (Fsp3) is 0.625. The van der Waals surface area contributed by atoms with Crippen LogP contribution in [0.3, 0.4) is 0 Å². The minimum atomic E-state index is -0.759. The number of carboxylic acids is 1. The van der Waals surface area contributed by atoms with E-state index < -0.39 is 5.97 Å². The Morgan fingerprint density at radius 2 is 2.05 bits per heavy atom. The van der Waals surface area contributed by atoms with Crippen molar-refractivity contribution in [2.24, 2.45) is 11.8 Å². The number of carbonyl (C=O) groups is 2. The van der Waals surface area contributed by atoms with Crippen LogP contribution in [0.15, 0.2) is 18.3 Å². The molecule has 0 fully saturated rings. The molecule has 0 saturated carbocycles. The fourth-order valence-corrected chi connectivity index (χ4v) is 2.48. The second-order valence-electron chi connectivity index (χ2n) is 5.66. The number of rotatable bonds is 9. The van der Waals surface area contributed by atoms with Crippen molar-refractivity contribution in [2.45, 2.75) is 46.6 Å². The van der Waals surface area contributed by atoms with Crippen LogP contribution >= 0.6 is 0 Å². The van der Waals surface area contributed by atoms with Crippen LogP contribution in [0.5, 0.6) is 0 Å². The fourth-order valence-electron chi connectivity index (χ4n) is 2.48. The zero-order chi connectivity index (χ0) is 15.8. The molecule has 0 aliphatic heterocycles. The molecule has 5 heteroatoms. The summed E-state index contributed by atoms with van der Waals surface area (Å²) in [6.45, 7) is 7.53. The lowest BCUT2D eigenvalue weighted by Gasteiger charge is -2.20. The number of hydrogen-bond acceptors (Lipinski definition) is 2. The number of hydrogen-bond donors (Lipinski definition) is 2. The van der Waals surface area contributed by atoms with Gasteiger partial charge in [-0.25, -0.2) is 0 Å². The zero-order valence-electron chi connectivity index (χ0n) is 13.1. The van der Waals surface area contributed by atoms with Gasteiger partial charge in [0.1, 0.15) is 5.69 Å². The highest BCUT2D eigenvalue weighted by molar-refractivity contribution is 5.92. The van der Waals surface area contributed by atoms with E-state index in [9.17, 15) is 9.59 Å². The van der Waals surface area contributed by atoms with Gasteiger partial charge in [0, 0.05) is 25.7 Å². The van der Waals surface area contributed by atoms with Gasteiger partial charge < -0.3 is 15.0 Å². The number of carboxylic acid groups (broad SMARTS) is 1. The van der Waals surface area contributed by atoms with Gasteiger partial charge in [-0.05, 0) is 43.7 Å². The molecular weight excluding hydrogens is 268 g/mol. The van der Waals surface area contributed by atoms with Crippen LogP contribution in [0.4, 0.5) is 0 Å². The lowest BCUT2D eigenvalue weighted by atomic mass is 9.88. The quantitative estimate of drug-likeness (QED) is 0.735. The number of nitrogens with zero attached hydrogens (tertiary/aromatic N) is 1. The molecule has 1 atom stereocenters. The van der Waals surface area contributed by atoms with Crippen molar-refractivity contribution in [3.63, 3.8) is 0 Å². The van der Waals surface area contributed by atoms with Crippen LogP contribution in [0.1, 0.15) is 50.5 Å². The molecule has 1 aromatic rings. The maximum absolute atomic E-state index is 12.1. The van der Waals surface area contributed by atoms with Crippen LogP contribution in [-0.4, -0.2) is 28.1 Å². The van der Waals surface area contributed by atoms with Gasteiger partial charge in [0.2, 0.25) is 0 Å². The van der Waals surface area contributed by atoms with Crippen molar-refractivity contribution < 1.29 is 14.7 Å². The molecule has 1 aromatic heterocycles. The summed E-state index contributed by atoms with van der Waals surface area (Å²) in [4.78, 5) is 22.7. The van der Waals surface area contributed by atoms with E-state index in [-0.39, 0.29) is 12.3 Å². The normalized spacial score (nSPS) is 12.4. The van der Waals surface area contributed by atoms with Gasteiger partial charge >= 0.3 is 5.97 Å². The van der Waals surface area contributed by atoms with E-state index in [1.165, 1.54) is 0 Å². The highest BCUT2D eigenvalue weighted by atomic mass is 16.4. The second-order valence-corrected chi connectivity index (χ2v) is 5.66. The molecule has 1 heterocycles. The van der Waals surface area contributed by atoms with E-state index >= 15 is 0 Å². The van der Waals surface area contributed by atoms with Crippen molar-refractivity contribution in [2.75, 3.05) is 6.54 Å². The number of nitrogens with one attached hydrogen (secondary N) is 1. The highest BCUT2D eigenvalue weighted by Gasteiger charge is 2.16. The molecule has 1 unspecified atom stereocenters. The molecule has 0 aromatic carbocycles. The van der Waals surface area contributed by atoms with E-state index in [1.54, 1.807) is 0 Å². The largest absolute Gasteiger partial charge is 0.481 e. The van der Waals surface area contributed by atoms with Gasteiger partial charge in [0.25, 0.3) is 5.91 Å². The van der Waals surface area contributed by atoms with Gasteiger partial charge in [0.15, 0.2) is 0 Å². The summed E-state index contributed by atoms with van der Waals surface area (Å²) in [5.74, 6) is -0.0897. The lowest BCUT2D eigenvalue weighted by Crippen LogP contribution is -2.28. The molecule has 0 saturated heterocycles. The molecule has 0 spiro atoms. The summed E-state index contributed by atoms with van der Waals surface area (Å²) in [5.41, 5.74) is 0.670. The average Bonchev–Trinajstić information content (AvgIpc) is 2.90. The number of aliphatic carboxylic acids is 1.